The molecule has 0 aliphatic carbocycles. The summed E-state index contributed by atoms with van der Waals surface area (Å²) >= 11 is 6.18. The lowest BCUT2D eigenvalue weighted by Crippen LogP contribution is -2.51. The number of halogens is 1. The summed E-state index contributed by atoms with van der Waals surface area (Å²) in [6.07, 6.45) is 6.74. The second-order valence-corrected chi connectivity index (χ2v) is 11.0. The molecule has 190 valence electrons. The highest BCUT2D eigenvalue weighted by molar-refractivity contribution is 6.31. The van der Waals surface area contributed by atoms with Crippen LogP contribution in [0.3, 0.4) is 0 Å². The largest absolute Gasteiger partial charge is 0.493 e. The predicted molar refractivity (Wildman–Crippen MR) is 137 cm³/mol. The zero-order valence-electron chi connectivity index (χ0n) is 21.1. The van der Waals surface area contributed by atoms with Crippen LogP contribution in [0.4, 0.5) is 0 Å². The first-order valence-electron chi connectivity index (χ1n) is 12.8. The summed E-state index contributed by atoms with van der Waals surface area (Å²) in [5, 5.41) is 8.22. The number of aryl methyl sites for hydroxylation is 1. The third-order valence-corrected chi connectivity index (χ3v) is 7.37. The number of piperidine rings is 1. The molecule has 0 saturated carbocycles. The number of hydrogen-bond donors (Lipinski definition) is 1. The molecule has 1 atom stereocenters. The molecule has 4 rings (SSSR count). The van der Waals surface area contributed by atoms with Crippen LogP contribution < -0.4 is 10.1 Å². The zero-order chi connectivity index (χ0) is 25.0. The predicted octanol–water partition coefficient (Wildman–Crippen LogP) is 4.88. The molecule has 1 N–H and O–H groups in total. The highest BCUT2D eigenvalue weighted by Crippen LogP contribution is 2.36. The van der Waals surface area contributed by atoms with E-state index in [1.54, 1.807) is 22.9 Å². The summed E-state index contributed by atoms with van der Waals surface area (Å²) in [5.41, 5.74) is 1.90. The van der Waals surface area contributed by atoms with E-state index in [0.29, 0.717) is 47.6 Å². The van der Waals surface area contributed by atoms with Crippen molar-refractivity contribution in [2.24, 2.45) is 18.4 Å². The van der Waals surface area contributed by atoms with Crippen LogP contribution in [0.5, 0.6) is 5.75 Å². The van der Waals surface area contributed by atoms with E-state index in [0.717, 1.165) is 57.2 Å². The minimum absolute atomic E-state index is 0.0250. The van der Waals surface area contributed by atoms with Gasteiger partial charge in [-0.3, -0.25) is 14.3 Å². The maximum absolute atomic E-state index is 13.5. The average molecular weight is 501 g/mol. The molecule has 8 heteroatoms. The number of carbonyl (C=O) groups excluding carboxylic acids is 2. The maximum Gasteiger partial charge on any atom is 0.272 e. The van der Waals surface area contributed by atoms with Gasteiger partial charge in [-0.15, -0.1) is 0 Å². The van der Waals surface area contributed by atoms with Gasteiger partial charge in [0.2, 0.25) is 0 Å². The van der Waals surface area contributed by atoms with E-state index in [4.69, 9.17) is 16.3 Å². The molecule has 1 spiro atoms. The fraction of sp³-hybridized carbons (Fsp3) is 0.593. The van der Waals surface area contributed by atoms with Crippen LogP contribution in [0.1, 0.15) is 78.9 Å². The first-order valence-corrected chi connectivity index (χ1v) is 13.2. The molecule has 2 aromatic rings. The third-order valence-electron chi connectivity index (χ3n) is 7.13. The Morgan fingerprint density at radius 3 is 2.80 bits per heavy atom. The molecule has 1 aromatic heterocycles. The van der Waals surface area contributed by atoms with E-state index >= 15 is 0 Å². The van der Waals surface area contributed by atoms with Gasteiger partial charge < -0.3 is 15.0 Å². The van der Waals surface area contributed by atoms with Gasteiger partial charge in [-0.1, -0.05) is 38.3 Å². The summed E-state index contributed by atoms with van der Waals surface area (Å²) in [6, 6.07) is 7.11. The molecule has 1 fully saturated rings. The molecule has 2 aliphatic heterocycles. The monoisotopic (exact) mass is 500 g/mol. The van der Waals surface area contributed by atoms with Crippen LogP contribution in [-0.2, 0) is 13.5 Å². The fourth-order valence-electron chi connectivity index (χ4n) is 5.35. The molecule has 1 aromatic carbocycles. The van der Waals surface area contributed by atoms with Gasteiger partial charge in [-0.05, 0) is 62.3 Å². The SMILES string of the molecule is CC(C)Cc1cc(C(=O)N2CCCC3(CCCCCOc4ccc(Cl)cc4C(=O)NC3)C2)n(C)n1. The lowest BCUT2D eigenvalue weighted by molar-refractivity contribution is 0.0459. The van der Waals surface area contributed by atoms with Crippen LogP contribution in [0.25, 0.3) is 0 Å². The minimum atomic E-state index is -0.184. The Bertz CT molecular complexity index is 1070. The van der Waals surface area contributed by atoms with E-state index in [1.807, 2.05) is 18.0 Å². The Hall–Kier alpha value is -2.54. The van der Waals surface area contributed by atoms with Crippen molar-refractivity contribution < 1.29 is 14.3 Å². The maximum atomic E-state index is 13.5. The minimum Gasteiger partial charge on any atom is -0.493 e. The van der Waals surface area contributed by atoms with E-state index < -0.39 is 0 Å². The Kier molecular flexibility index (Phi) is 8.05. The smallest absolute Gasteiger partial charge is 0.272 e. The van der Waals surface area contributed by atoms with Crippen molar-refractivity contribution in [3.63, 3.8) is 0 Å². The Morgan fingerprint density at radius 2 is 2.00 bits per heavy atom. The second-order valence-electron chi connectivity index (χ2n) is 10.6. The lowest BCUT2D eigenvalue weighted by atomic mass is 9.75. The summed E-state index contributed by atoms with van der Waals surface area (Å²) < 4.78 is 7.59. The van der Waals surface area contributed by atoms with Crippen molar-refractivity contribution in [2.75, 3.05) is 26.2 Å². The molecular weight excluding hydrogens is 464 g/mol. The van der Waals surface area contributed by atoms with E-state index in [9.17, 15) is 9.59 Å². The van der Waals surface area contributed by atoms with Gasteiger partial charge in [0.25, 0.3) is 11.8 Å². The van der Waals surface area contributed by atoms with Gasteiger partial charge in [0.1, 0.15) is 11.4 Å². The summed E-state index contributed by atoms with van der Waals surface area (Å²) in [4.78, 5) is 28.6. The van der Waals surface area contributed by atoms with Crippen molar-refractivity contribution in [3.05, 3.63) is 46.2 Å². The van der Waals surface area contributed by atoms with Gasteiger partial charge in [-0.2, -0.15) is 5.10 Å². The van der Waals surface area contributed by atoms with Gasteiger partial charge in [-0.25, -0.2) is 0 Å². The molecule has 1 unspecified atom stereocenters. The Morgan fingerprint density at radius 1 is 1.20 bits per heavy atom. The number of fused-ring (bicyclic) bond motifs is 1. The van der Waals surface area contributed by atoms with Crippen LogP contribution in [-0.4, -0.2) is 52.7 Å². The molecule has 1 saturated heterocycles. The number of aromatic nitrogens is 2. The highest BCUT2D eigenvalue weighted by atomic mass is 35.5. The molecule has 35 heavy (non-hydrogen) atoms. The Labute approximate surface area is 213 Å². The standard InChI is InChI=1S/C27H37ClN4O3/c1-19(2)14-21-16-23(31(3)30-21)26(34)32-12-7-11-27(18-32)10-5-4-6-13-35-24-9-8-20(28)15-22(24)25(33)29-17-27/h8-9,15-16,19H,4-7,10-14,17-18H2,1-3H3,(H,29,33). The average Bonchev–Trinajstić information content (AvgIpc) is 3.18. The van der Waals surface area contributed by atoms with Crippen molar-refractivity contribution in [1.29, 1.82) is 0 Å². The molecule has 0 radical (unpaired) electrons. The van der Waals surface area contributed by atoms with Gasteiger partial charge >= 0.3 is 0 Å². The molecule has 0 bridgehead atoms. The fourth-order valence-corrected chi connectivity index (χ4v) is 5.53. The number of carbonyl (C=O) groups is 2. The first kappa shape index (κ1) is 25.5. The molecule has 2 aliphatic rings. The number of hydrogen-bond acceptors (Lipinski definition) is 4. The lowest BCUT2D eigenvalue weighted by Gasteiger charge is -2.43. The Balaban J connectivity index is 1.53. The molecular formula is C27H37ClN4O3. The molecule has 7 nitrogen and oxygen atoms in total. The first-order chi connectivity index (χ1) is 16.8. The zero-order valence-corrected chi connectivity index (χ0v) is 21.9. The van der Waals surface area contributed by atoms with E-state index in [1.165, 1.54) is 0 Å². The number of nitrogens with one attached hydrogen (secondary N) is 1. The topological polar surface area (TPSA) is 76.5 Å². The van der Waals surface area contributed by atoms with E-state index in [2.05, 4.69) is 24.3 Å². The second kappa shape index (κ2) is 11.0. The number of benzene rings is 1. The van der Waals surface area contributed by atoms with Gasteiger partial charge in [0, 0.05) is 37.1 Å². The van der Waals surface area contributed by atoms with Crippen molar-refractivity contribution in [3.8, 4) is 5.75 Å². The van der Waals surface area contributed by atoms with Crippen LogP contribution in [0.15, 0.2) is 24.3 Å². The number of ether oxygens (including phenoxy) is 1. The quantitative estimate of drug-likeness (QED) is 0.651. The van der Waals surface area contributed by atoms with E-state index in [-0.39, 0.29) is 17.2 Å². The summed E-state index contributed by atoms with van der Waals surface area (Å²) in [6.45, 7) is 6.76. The summed E-state index contributed by atoms with van der Waals surface area (Å²) in [7, 11) is 1.84. The third kappa shape index (κ3) is 6.18. The molecule has 2 amide bonds. The van der Waals surface area contributed by atoms with Gasteiger partial charge in [0.05, 0.1) is 17.9 Å². The highest BCUT2D eigenvalue weighted by Gasteiger charge is 2.38. The van der Waals surface area contributed by atoms with Crippen LogP contribution >= 0.6 is 11.6 Å². The van der Waals surface area contributed by atoms with Crippen molar-refractivity contribution in [2.45, 2.75) is 58.8 Å². The van der Waals surface area contributed by atoms with Crippen LogP contribution in [0, 0.1) is 11.3 Å². The van der Waals surface area contributed by atoms with Crippen LogP contribution in [0.2, 0.25) is 5.02 Å². The number of rotatable bonds is 3. The van der Waals surface area contributed by atoms with Crippen molar-refractivity contribution >= 4 is 23.4 Å². The van der Waals surface area contributed by atoms with Crippen molar-refractivity contribution in [1.82, 2.24) is 20.0 Å². The number of likely N-dealkylation sites (tertiary alicyclic amines) is 1. The molecule has 3 heterocycles. The normalized spacial score (nSPS) is 21.6. The number of amides is 2. The number of nitrogens with zero attached hydrogens (tertiary/aromatic N) is 3. The summed E-state index contributed by atoms with van der Waals surface area (Å²) in [5.74, 6) is 0.889. The van der Waals surface area contributed by atoms with Gasteiger partial charge in [0.15, 0.2) is 0 Å².